The summed E-state index contributed by atoms with van der Waals surface area (Å²) >= 11 is 1.05. The number of benzene rings is 1. The molecule has 32 heavy (non-hydrogen) atoms. The molecular formula is C20H22FN7O3S. The molecule has 0 saturated carbocycles. The molecule has 0 aliphatic carbocycles. The van der Waals surface area contributed by atoms with E-state index in [9.17, 15) is 14.0 Å². The summed E-state index contributed by atoms with van der Waals surface area (Å²) in [6, 6.07) is 9.05. The maximum absolute atomic E-state index is 13.7. The zero-order valence-corrected chi connectivity index (χ0v) is 18.2. The molecule has 1 atom stereocenters. The first kappa shape index (κ1) is 23.1. The Kier molecular flexibility index (Phi) is 7.30. The highest BCUT2D eigenvalue weighted by Gasteiger charge is 2.20. The quantitative estimate of drug-likeness (QED) is 0.248. The SMILES string of the molecule is CN(C)CC(N)Oc1cccc(C(=O)NN(c2ccnc(F)c2)c2nc(C(N)=O)cs2)c1. The lowest BCUT2D eigenvalue weighted by Crippen LogP contribution is -2.39. The van der Waals surface area contributed by atoms with Crippen LogP contribution in [0.2, 0.25) is 0 Å². The first-order chi connectivity index (χ1) is 15.2. The van der Waals surface area contributed by atoms with Gasteiger partial charge in [-0.2, -0.15) is 4.39 Å². The third-order valence-corrected chi connectivity index (χ3v) is 4.87. The summed E-state index contributed by atoms with van der Waals surface area (Å²) < 4.78 is 19.4. The first-order valence-electron chi connectivity index (χ1n) is 9.38. The molecule has 3 rings (SSSR count). The smallest absolute Gasteiger partial charge is 0.270 e. The minimum atomic E-state index is -0.751. The summed E-state index contributed by atoms with van der Waals surface area (Å²) in [6.07, 6.45) is 0.662. The summed E-state index contributed by atoms with van der Waals surface area (Å²) in [6.45, 7) is 0.490. The van der Waals surface area contributed by atoms with Crippen molar-refractivity contribution in [2.24, 2.45) is 11.5 Å². The monoisotopic (exact) mass is 459 g/mol. The van der Waals surface area contributed by atoms with Crippen LogP contribution in [-0.2, 0) is 0 Å². The molecule has 0 saturated heterocycles. The van der Waals surface area contributed by atoms with Gasteiger partial charge in [0.05, 0.1) is 5.69 Å². The normalized spacial score (nSPS) is 11.8. The van der Waals surface area contributed by atoms with Crippen molar-refractivity contribution >= 4 is 34.0 Å². The van der Waals surface area contributed by atoms with Crippen LogP contribution < -0.4 is 26.6 Å². The van der Waals surface area contributed by atoms with Crippen molar-refractivity contribution in [3.63, 3.8) is 0 Å². The number of likely N-dealkylation sites (N-methyl/N-ethyl adjacent to an activating group) is 1. The molecule has 2 aromatic heterocycles. The Hall–Kier alpha value is -3.61. The third kappa shape index (κ3) is 5.97. The first-order valence-corrected chi connectivity index (χ1v) is 10.3. The lowest BCUT2D eigenvalue weighted by Gasteiger charge is -2.23. The number of carbonyl (C=O) groups excluding carboxylic acids is 2. The number of halogens is 1. The molecule has 0 radical (unpaired) electrons. The number of anilines is 2. The zero-order valence-electron chi connectivity index (χ0n) is 17.4. The summed E-state index contributed by atoms with van der Waals surface area (Å²) in [5.41, 5.74) is 14.4. The van der Waals surface area contributed by atoms with Gasteiger partial charge in [-0.1, -0.05) is 6.07 Å². The van der Waals surface area contributed by atoms with Gasteiger partial charge in [0.15, 0.2) is 6.23 Å². The van der Waals surface area contributed by atoms with Gasteiger partial charge in [0, 0.05) is 29.8 Å². The van der Waals surface area contributed by atoms with E-state index in [1.165, 1.54) is 28.7 Å². The van der Waals surface area contributed by atoms with Gasteiger partial charge in [0.2, 0.25) is 11.1 Å². The van der Waals surface area contributed by atoms with Gasteiger partial charge < -0.3 is 15.4 Å². The molecule has 2 heterocycles. The predicted octanol–water partition coefficient (Wildman–Crippen LogP) is 1.48. The van der Waals surface area contributed by atoms with Crippen molar-refractivity contribution < 1.29 is 18.7 Å². The van der Waals surface area contributed by atoms with Crippen LogP contribution in [0.3, 0.4) is 0 Å². The van der Waals surface area contributed by atoms with E-state index in [-0.39, 0.29) is 22.1 Å². The van der Waals surface area contributed by atoms with Crippen molar-refractivity contribution in [1.29, 1.82) is 0 Å². The van der Waals surface area contributed by atoms with Gasteiger partial charge in [-0.15, -0.1) is 11.3 Å². The lowest BCUT2D eigenvalue weighted by atomic mass is 10.2. The molecule has 2 amide bonds. The average molecular weight is 460 g/mol. The summed E-state index contributed by atoms with van der Waals surface area (Å²) in [5, 5.41) is 2.89. The third-order valence-electron chi connectivity index (χ3n) is 4.05. The summed E-state index contributed by atoms with van der Waals surface area (Å²) in [4.78, 5) is 33.9. The van der Waals surface area contributed by atoms with Gasteiger partial charge in [-0.05, 0) is 38.4 Å². The van der Waals surface area contributed by atoms with Crippen LogP contribution in [0, 0.1) is 5.95 Å². The number of rotatable bonds is 9. The summed E-state index contributed by atoms with van der Waals surface area (Å²) in [5.74, 6) is -1.58. The Balaban J connectivity index is 1.85. The second-order valence-electron chi connectivity index (χ2n) is 6.94. The minimum absolute atomic E-state index is 0.0176. The van der Waals surface area contributed by atoms with Crippen LogP contribution in [0.1, 0.15) is 20.8 Å². The number of nitrogens with two attached hydrogens (primary N) is 2. The molecule has 5 N–H and O–H groups in total. The predicted molar refractivity (Wildman–Crippen MR) is 118 cm³/mol. The second-order valence-corrected chi connectivity index (χ2v) is 7.78. The number of ether oxygens (including phenoxy) is 1. The highest BCUT2D eigenvalue weighted by molar-refractivity contribution is 7.14. The second kappa shape index (κ2) is 10.1. The largest absolute Gasteiger partial charge is 0.474 e. The van der Waals surface area contributed by atoms with E-state index < -0.39 is 24.0 Å². The van der Waals surface area contributed by atoms with Crippen LogP contribution in [-0.4, -0.2) is 53.6 Å². The standard InChI is InChI=1S/C20H22FN7O3S/c1-27(2)10-17(22)31-14-5-3-4-12(8-14)19(30)26-28(13-6-7-24-16(21)9-13)20-25-15(11-32-20)18(23)29/h3-9,11,17H,10,22H2,1-2H3,(H2,23,29)(H,26,30). The van der Waals surface area contributed by atoms with Crippen LogP contribution in [0.15, 0.2) is 48.0 Å². The van der Waals surface area contributed by atoms with E-state index in [1.807, 2.05) is 19.0 Å². The Labute approximate surface area is 187 Å². The maximum Gasteiger partial charge on any atom is 0.270 e. The molecule has 0 aliphatic heterocycles. The molecule has 0 fully saturated rings. The van der Waals surface area contributed by atoms with Crippen LogP contribution in [0.5, 0.6) is 5.75 Å². The van der Waals surface area contributed by atoms with Gasteiger partial charge >= 0.3 is 0 Å². The van der Waals surface area contributed by atoms with Crippen LogP contribution >= 0.6 is 11.3 Å². The van der Waals surface area contributed by atoms with E-state index in [0.717, 1.165) is 17.4 Å². The van der Waals surface area contributed by atoms with E-state index in [2.05, 4.69) is 15.4 Å². The average Bonchev–Trinajstić information content (AvgIpc) is 3.21. The molecule has 1 aromatic carbocycles. The number of primary amides is 1. The maximum atomic E-state index is 13.7. The summed E-state index contributed by atoms with van der Waals surface area (Å²) in [7, 11) is 3.73. The zero-order chi connectivity index (χ0) is 23.3. The van der Waals surface area contributed by atoms with Gasteiger partial charge in [-0.25, -0.2) is 15.0 Å². The topological polar surface area (TPSA) is 140 Å². The van der Waals surface area contributed by atoms with Crippen molar-refractivity contribution in [3.8, 4) is 5.75 Å². The van der Waals surface area contributed by atoms with E-state index in [4.69, 9.17) is 16.2 Å². The van der Waals surface area contributed by atoms with Crippen LogP contribution in [0.25, 0.3) is 0 Å². The molecule has 10 nitrogen and oxygen atoms in total. The Bertz CT molecular complexity index is 1110. The van der Waals surface area contributed by atoms with Crippen LogP contribution in [0.4, 0.5) is 15.2 Å². The number of nitrogens with one attached hydrogen (secondary N) is 1. The Morgan fingerprint density at radius 2 is 2.06 bits per heavy atom. The lowest BCUT2D eigenvalue weighted by molar-refractivity contribution is 0.0951. The molecule has 0 spiro atoms. The molecule has 0 bridgehead atoms. The number of hydrogen-bond donors (Lipinski definition) is 3. The van der Waals surface area contributed by atoms with Crippen molar-refractivity contribution in [3.05, 3.63) is 65.2 Å². The number of nitrogens with zero attached hydrogens (tertiary/aromatic N) is 4. The number of aromatic nitrogens is 2. The molecule has 0 aliphatic rings. The molecule has 1 unspecified atom stereocenters. The number of amides is 2. The highest BCUT2D eigenvalue weighted by Crippen LogP contribution is 2.27. The molecule has 168 valence electrons. The highest BCUT2D eigenvalue weighted by atomic mass is 32.1. The Morgan fingerprint density at radius 3 is 2.72 bits per heavy atom. The fourth-order valence-electron chi connectivity index (χ4n) is 2.68. The van der Waals surface area contributed by atoms with E-state index in [1.54, 1.807) is 18.2 Å². The molecule has 12 heteroatoms. The van der Waals surface area contributed by atoms with Crippen molar-refractivity contribution in [2.75, 3.05) is 25.6 Å². The van der Waals surface area contributed by atoms with Crippen molar-refractivity contribution in [1.82, 2.24) is 20.3 Å². The molecule has 3 aromatic rings. The number of thiazole rings is 1. The van der Waals surface area contributed by atoms with Gasteiger partial charge in [-0.3, -0.25) is 20.7 Å². The fourth-order valence-corrected chi connectivity index (χ4v) is 3.48. The number of carbonyl (C=O) groups is 2. The van der Waals surface area contributed by atoms with E-state index in [0.29, 0.717) is 12.3 Å². The number of pyridine rings is 1. The van der Waals surface area contributed by atoms with E-state index >= 15 is 0 Å². The molecular weight excluding hydrogens is 437 g/mol. The van der Waals surface area contributed by atoms with Crippen molar-refractivity contribution in [2.45, 2.75) is 6.23 Å². The Morgan fingerprint density at radius 1 is 1.28 bits per heavy atom. The van der Waals surface area contributed by atoms with Gasteiger partial charge in [0.1, 0.15) is 11.4 Å². The fraction of sp³-hybridized carbons (Fsp3) is 0.200. The minimum Gasteiger partial charge on any atom is -0.474 e. The number of hydrogen-bond acceptors (Lipinski definition) is 9. The van der Waals surface area contributed by atoms with Gasteiger partial charge in [0.25, 0.3) is 11.8 Å². The number of hydrazine groups is 1.